The van der Waals surface area contributed by atoms with Gasteiger partial charge in [0.2, 0.25) is 5.91 Å². The number of likely N-dealkylation sites (tertiary alicyclic amines) is 1. The highest BCUT2D eigenvalue weighted by Gasteiger charge is 2.24. The largest absolute Gasteiger partial charge is 0.343 e. The second kappa shape index (κ2) is 7.50. The van der Waals surface area contributed by atoms with Gasteiger partial charge in [0, 0.05) is 31.7 Å². The summed E-state index contributed by atoms with van der Waals surface area (Å²) in [4.78, 5) is 14.5. The Morgan fingerprint density at radius 2 is 1.83 bits per heavy atom. The number of rotatable bonds is 5. The molecule has 1 amide bonds. The molecule has 4 nitrogen and oxygen atoms in total. The maximum absolute atomic E-state index is 12.4. The Kier molecular flexibility index (Phi) is 5.39. The first-order valence-electron chi connectivity index (χ1n) is 9.40. The van der Waals surface area contributed by atoms with E-state index in [1.807, 2.05) is 0 Å². The summed E-state index contributed by atoms with van der Waals surface area (Å²) in [6, 6.07) is 2.14. The van der Waals surface area contributed by atoms with Crippen LogP contribution in [0.2, 0.25) is 0 Å². The summed E-state index contributed by atoms with van der Waals surface area (Å²) in [5.41, 5.74) is 2.35. The molecule has 23 heavy (non-hydrogen) atoms. The van der Waals surface area contributed by atoms with Gasteiger partial charge in [0.1, 0.15) is 0 Å². The molecule has 0 aromatic carbocycles. The molecule has 0 atom stereocenters. The summed E-state index contributed by atoms with van der Waals surface area (Å²) in [6.07, 6.45) is 9.56. The lowest BCUT2D eigenvalue weighted by Gasteiger charge is -2.32. The lowest BCUT2D eigenvalue weighted by atomic mass is 9.95. The molecule has 0 spiro atoms. The van der Waals surface area contributed by atoms with Crippen molar-refractivity contribution in [3.63, 3.8) is 0 Å². The summed E-state index contributed by atoms with van der Waals surface area (Å²) in [6.45, 7) is 7.06. The molecule has 0 bridgehead atoms. The highest BCUT2D eigenvalue weighted by atomic mass is 16.2. The smallest absolute Gasteiger partial charge is 0.222 e. The van der Waals surface area contributed by atoms with Crippen LogP contribution in [-0.2, 0) is 11.3 Å². The van der Waals surface area contributed by atoms with E-state index in [1.165, 1.54) is 31.4 Å². The fourth-order valence-electron chi connectivity index (χ4n) is 4.25. The van der Waals surface area contributed by atoms with Crippen molar-refractivity contribution in [1.82, 2.24) is 14.7 Å². The minimum absolute atomic E-state index is 0.390. The molecule has 128 valence electrons. The van der Waals surface area contributed by atoms with Gasteiger partial charge in [-0.25, -0.2) is 0 Å². The molecule has 1 saturated heterocycles. The first-order chi connectivity index (χ1) is 11.1. The molecule has 1 aromatic heterocycles. The van der Waals surface area contributed by atoms with Gasteiger partial charge >= 0.3 is 0 Å². The summed E-state index contributed by atoms with van der Waals surface area (Å²) < 4.78 is 2.14. The van der Waals surface area contributed by atoms with Gasteiger partial charge in [0.25, 0.3) is 0 Å². The summed E-state index contributed by atoms with van der Waals surface area (Å²) in [7, 11) is 0. The Hall–Kier alpha value is -1.32. The van der Waals surface area contributed by atoms with Gasteiger partial charge in [0.15, 0.2) is 0 Å². The van der Waals surface area contributed by atoms with Crippen LogP contribution in [0.3, 0.4) is 0 Å². The highest BCUT2D eigenvalue weighted by Crippen LogP contribution is 2.29. The first kappa shape index (κ1) is 16.5. The van der Waals surface area contributed by atoms with Crippen LogP contribution < -0.4 is 0 Å². The maximum atomic E-state index is 12.4. The van der Waals surface area contributed by atoms with E-state index in [0.717, 1.165) is 56.9 Å². The Balaban J connectivity index is 1.40. The molecule has 3 rings (SSSR count). The number of carbonyl (C=O) groups is 1. The molecule has 0 N–H and O–H groups in total. The Morgan fingerprint density at radius 3 is 2.43 bits per heavy atom. The molecule has 2 fully saturated rings. The van der Waals surface area contributed by atoms with Crippen molar-refractivity contribution in [2.24, 2.45) is 11.8 Å². The quantitative estimate of drug-likeness (QED) is 0.830. The molecular weight excluding hydrogens is 286 g/mol. The van der Waals surface area contributed by atoms with E-state index in [2.05, 4.69) is 34.6 Å². The molecular formula is C19H31N3O. The first-order valence-corrected chi connectivity index (χ1v) is 9.40. The van der Waals surface area contributed by atoms with Crippen molar-refractivity contribution in [2.45, 2.75) is 71.8 Å². The molecule has 1 aliphatic heterocycles. The average Bonchev–Trinajstić information content (AvgIpc) is 3.16. The number of carbonyl (C=O) groups excluding carboxylic acids is 1. The van der Waals surface area contributed by atoms with Gasteiger partial charge in [-0.15, -0.1) is 0 Å². The van der Waals surface area contributed by atoms with E-state index >= 15 is 0 Å². The molecule has 1 aliphatic carbocycles. The summed E-state index contributed by atoms with van der Waals surface area (Å²) in [5.74, 6) is 1.87. The predicted molar refractivity (Wildman–Crippen MR) is 92.2 cm³/mol. The standard InChI is InChI=1S/C19H31N3O/c1-15-13-16(2)22(20-15)14-18-9-11-21(12-10-18)19(23)8-7-17-5-3-4-6-17/h13,17-18H,3-12,14H2,1-2H3. The van der Waals surface area contributed by atoms with Crippen molar-refractivity contribution in [2.75, 3.05) is 13.1 Å². The highest BCUT2D eigenvalue weighted by molar-refractivity contribution is 5.76. The minimum atomic E-state index is 0.390. The van der Waals surface area contributed by atoms with E-state index in [9.17, 15) is 4.79 Å². The third-order valence-corrected chi connectivity index (χ3v) is 5.74. The zero-order valence-electron chi connectivity index (χ0n) is 14.8. The number of hydrogen-bond donors (Lipinski definition) is 0. The predicted octanol–water partition coefficient (Wildman–Crippen LogP) is 3.71. The number of piperidine rings is 1. The van der Waals surface area contributed by atoms with Gasteiger partial charge in [-0.3, -0.25) is 9.48 Å². The monoisotopic (exact) mass is 317 g/mol. The lowest BCUT2D eigenvalue weighted by Crippen LogP contribution is -2.39. The number of nitrogens with zero attached hydrogens (tertiary/aromatic N) is 3. The van der Waals surface area contributed by atoms with Crippen LogP contribution in [0.5, 0.6) is 0 Å². The zero-order chi connectivity index (χ0) is 16.2. The van der Waals surface area contributed by atoms with Crippen LogP contribution in [0, 0.1) is 25.7 Å². The Bertz CT molecular complexity index is 523. The fourth-order valence-corrected chi connectivity index (χ4v) is 4.25. The average molecular weight is 317 g/mol. The molecule has 2 aliphatic rings. The van der Waals surface area contributed by atoms with Crippen LogP contribution in [0.15, 0.2) is 6.07 Å². The van der Waals surface area contributed by atoms with E-state index in [4.69, 9.17) is 0 Å². The molecule has 2 heterocycles. The van der Waals surface area contributed by atoms with E-state index in [-0.39, 0.29) is 0 Å². The van der Waals surface area contributed by atoms with Crippen LogP contribution in [-0.4, -0.2) is 33.7 Å². The molecule has 0 radical (unpaired) electrons. The van der Waals surface area contributed by atoms with Crippen LogP contribution in [0.4, 0.5) is 0 Å². The van der Waals surface area contributed by atoms with Crippen molar-refractivity contribution in [1.29, 1.82) is 0 Å². The molecule has 1 saturated carbocycles. The van der Waals surface area contributed by atoms with Gasteiger partial charge in [-0.1, -0.05) is 25.7 Å². The fraction of sp³-hybridized carbons (Fsp3) is 0.789. The van der Waals surface area contributed by atoms with Gasteiger partial charge in [-0.05, 0) is 51.0 Å². The third-order valence-electron chi connectivity index (χ3n) is 5.74. The zero-order valence-corrected chi connectivity index (χ0v) is 14.8. The van der Waals surface area contributed by atoms with E-state index in [0.29, 0.717) is 11.8 Å². The Morgan fingerprint density at radius 1 is 1.13 bits per heavy atom. The van der Waals surface area contributed by atoms with Crippen LogP contribution >= 0.6 is 0 Å². The van der Waals surface area contributed by atoms with Gasteiger partial charge in [-0.2, -0.15) is 5.10 Å². The van der Waals surface area contributed by atoms with Gasteiger partial charge in [0.05, 0.1) is 5.69 Å². The van der Waals surface area contributed by atoms with E-state index in [1.54, 1.807) is 0 Å². The SMILES string of the molecule is Cc1cc(C)n(CC2CCN(C(=O)CCC3CCCC3)CC2)n1. The number of amides is 1. The number of aryl methyl sites for hydroxylation is 2. The van der Waals surface area contributed by atoms with Crippen molar-refractivity contribution in [3.8, 4) is 0 Å². The third kappa shape index (κ3) is 4.36. The number of aromatic nitrogens is 2. The normalized spacial score (nSPS) is 20.3. The van der Waals surface area contributed by atoms with Crippen LogP contribution in [0.25, 0.3) is 0 Å². The lowest BCUT2D eigenvalue weighted by molar-refractivity contribution is -0.133. The van der Waals surface area contributed by atoms with E-state index < -0.39 is 0 Å². The van der Waals surface area contributed by atoms with Crippen molar-refractivity contribution < 1.29 is 4.79 Å². The second-order valence-electron chi connectivity index (χ2n) is 7.62. The second-order valence-corrected chi connectivity index (χ2v) is 7.62. The number of hydrogen-bond acceptors (Lipinski definition) is 2. The molecule has 0 unspecified atom stereocenters. The van der Waals surface area contributed by atoms with Gasteiger partial charge < -0.3 is 4.90 Å². The summed E-state index contributed by atoms with van der Waals surface area (Å²) >= 11 is 0. The maximum Gasteiger partial charge on any atom is 0.222 e. The molecule has 4 heteroatoms. The minimum Gasteiger partial charge on any atom is -0.343 e. The van der Waals surface area contributed by atoms with Crippen molar-refractivity contribution >= 4 is 5.91 Å². The Labute approximate surface area is 140 Å². The van der Waals surface area contributed by atoms with Crippen LogP contribution in [0.1, 0.15) is 62.8 Å². The van der Waals surface area contributed by atoms with Crippen molar-refractivity contribution in [3.05, 3.63) is 17.5 Å². The topological polar surface area (TPSA) is 38.1 Å². The summed E-state index contributed by atoms with van der Waals surface area (Å²) in [5, 5.41) is 4.57. The molecule has 1 aromatic rings.